The lowest BCUT2D eigenvalue weighted by Crippen LogP contribution is -1.99. The molecule has 4 heteroatoms. The number of hydrogen-bond acceptors (Lipinski definition) is 4. The fourth-order valence-electron chi connectivity index (χ4n) is 3.16. The van der Waals surface area contributed by atoms with E-state index in [0.717, 1.165) is 33.4 Å². The van der Waals surface area contributed by atoms with Gasteiger partial charge in [-0.15, -0.1) is 0 Å². The zero-order valence-corrected chi connectivity index (χ0v) is 16.1. The van der Waals surface area contributed by atoms with E-state index in [-0.39, 0.29) is 0 Å². The van der Waals surface area contributed by atoms with Crippen molar-refractivity contribution in [3.8, 4) is 22.6 Å². The molecule has 3 aromatic carbocycles. The maximum atomic E-state index is 12.1. The molecule has 0 amide bonds. The highest BCUT2D eigenvalue weighted by atomic mass is 16.5. The lowest BCUT2D eigenvalue weighted by molar-refractivity contribution is 0.306. The summed E-state index contributed by atoms with van der Waals surface area (Å²) in [5.74, 6) is 1.40. The molecule has 144 valence electrons. The molecule has 0 N–H and O–H groups in total. The van der Waals surface area contributed by atoms with Crippen LogP contribution in [0.3, 0.4) is 0 Å². The number of methoxy groups -OCH3 is 1. The molecule has 0 radical (unpaired) electrons. The standard InChI is InChI=1S/C25H20O4/c1-3-17-4-6-18(7-5-17)16-28-21-12-13-22-23(15-25(26)29-24(22)14-21)19-8-10-20(27-2)11-9-19/h3-15H,1,16H2,2H3. The van der Waals surface area contributed by atoms with Gasteiger partial charge in [-0.1, -0.05) is 49.1 Å². The van der Waals surface area contributed by atoms with Gasteiger partial charge in [-0.2, -0.15) is 0 Å². The quantitative estimate of drug-likeness (QED) is 0.401. The van der Waals surface area contributed by atoms with Gasteiger partial charge in [0, 0.05) is 17.5 Å². The summed E-state index contributed by atoms with van der Waals surface area (Å²) in [4.78, 5) is 12.1. The molecule has 4 nitrogen and oxygen atoms in total. The van der Waals surface area contributed by atoms with E-state index in [1.165, 1.54) is 6.07 Å². The lowest BCUT2D eigenvalue weighted by Gasteiger charge is -2.10. The SMILES string of the molecule is C=Cc1ccc(COc2ccc3c(-c4ccc(OC)cc4)cc(=O)oc3c2)cc1. The van der Waals surface area contributed by atoms with Gasteiger partial charge in [0.05, 0.1) is 7.11 Å². The molecular formula is C25H20O4. The van der Waals surface area contributed by atoms with Crippen LogP contribution in [0.2, 0.25) is 0 Å². The van der Waals surface area contributed by atoms with Gasteiger partial charge in [0.1, 0.15) is 23.7 Å². The Balaban J connectivity index is 1.63. The molecule has 0 bridgehead atoms. The van der Waals surface area contributed by atoms with Gasteiger partial charge in [-0.25, -0.2) is 4.79 Å². The zero-order chi connectivity index (χ0) is 20.2. The fraction of sp³-hybridized carbons (Fsp3) is 0.0800. The van der Waals surface area contributed by atoms with Crippen molar-refractivity contribution in [2.45, 2.75) is 6.61 Å². The maximum Gasteiger partial charge on any atom is 0.336 e. The summed E-state index contributed by atoms with van der Waals surface area (Å²) in [6.45, 7) is 4.18. The first kappa shape index (κ1) is 18.6. The second kappa shape index (κ2) is 8.07. The van der Waals surface area contributed by atoms with Crippen LogP contribution in [0.5, 0.6) is 11.5 Å². The zero-order valence-electron chi connectivity index (χ0n) is 16.1. The van der Waals surface area contributed by atoms with E-state index < -0.39 is 5.63 Å². The first-order valence-electron chi connectivity index (χ1n) is 9.23. The van der Waals surface area contributed by atoms with Crippen molar-refractivity contribution in [1.29, 1.82) is 0 Å². The van der Waals surface area contributed by atoms with Crippen molar-refractivity contribution >= 4 is 17.0 Å². The summed E-state index contributed by atoms with van der Waals surface area (Å²) in [6.07, 6.45) is 1.80. The highest BCUT2D eigenvalue weighted by molar-refractivity contribution is 5.93. The second-order valence-corrected chi connectivity index (χ2v) is 6.60. The van der Waals surface area contributed by atoms with E-state index in [1.54, 1.807) is 19.3 Å². The average Bonchev–Trinajstić information content (AvgIpc) is 2.77. The molecule has 0 spiro atoms. The summed E-state index contributed by atoms with van der Waals surface area (Å²) in [5.41, 5.74) is 3.92. The Bertz CT molecular complexity index is 1200. The molecule has 0 aliphatic carbocycles. The van der Waals surface area contributed by atoms with Crippen LogP contribution in [0.4, 0.5) is 0 Å². The van der Waals surface area contributed by atoms with Crippen molar-refractivity contribution in [2.75, 3.05) is 7.11 Å². The van der Waals surface area contributed by atoms with E-state index >= 15 is 0 Å². The topological polar surface area (TPSA) is 48.7 Å². The number of ether oxygens (including phenoxy) is 2. The van der Waals surface area contributed by atoms with Gasteiger partial charge in [0.2, 0.25) is 0 Å². The summed E-state index contributed by atoms with van der Waals surface area (Å²) < 4.78 is 16.5. The smallest absolute Gasteiger partial charge is 0.336 e. The Morgan fingerprint density at radius 3 is 2.34 bits per heavy atom. The third-order valence-corrected chi connectivity index (χ3v) is 4.74. The van der Waals surface area contributed by atoms with Gasteiger partial charge in [-0.05, 0) is 46.5 Å². The van der Waals surface area contributed by atoms with E-state index in [9.17, 15) is 4.79 Å². The largest absolute Gasteiger partial charge is 0.497 e. The normalized spacial score (nSPS) is 10.7. The average molecular weight is 384 g/mol. The van der Waals surface area contributed by atoms with Gasteiger partial charge in [0.25, 0.3) is 0 Å². The molecule has 4 rings (SSSR count). The lowest BCUT2D eigenvalue weighted by atomic mass is 10.0. The van der Waals surface area contributed by atoms with Crippen LogP contribution in [0.25, 0.3) is 28.2 Å². The molecule has 29 heavy (non-hydrogen) atoms. The predicted octanol–water partition coefficient (Wildman–Crippen LogP) is 5.69. The van der Waals surface area contributed by atoms with E-state index in [0.29, 0.717) is 17.9 Å². The number of fused-ring (bicyclic) bond motifs is 1. The predicted molar refractivity (Wildman–Crippen MR) is 115 cm³/mol. The third-order valence-electron chi connectivity index (χ3n) is 4.74. The molecule has 0 aliphatic rings. The number of hydrogen-bond donors (Lipinski definition) is 0. The summed E-state index contributed by atoms with van der Waals surface area (Å²) in [5, 5.41) is 0.845. The molecule has 0 aliphatic heterocycles. The minimum absolute atomic E-state index is 0.402. The van der Waals surface area contributed by atoms with Crippen LogP contribution < -0.4 is 15.1 Å². The summed E-state index contributed by atoms with van der Waals surface area (Å²) in [7, 11) is 1.62. The molecule has 0 unspecified atom stereocenters. The van der Waals surface area contributed by atoms with Gasteiger partial charge in [-0.3, -0.25) is 0 Å². The Morgan fingerprint density at radius 1 is 0.931 bits per heavy atom. The van der Waals surface area contributed by atoms with Crippen molar-refractivity contribution in [3.05, 3.63) is 101 Å². The molecule has 0 atom stereocenters. The monoisotopic (exact) mass is 384 g/mol. The van der Waals surface area contributed by atoms with E-state index in [2.05, 4.69) is 6.58 Å². The Kier molecular flexibility index (Phi) is 5.16. The van der Waals surface area contributed by atoms with Crippen molar-refractivity contribution in [2.24, 2.45) is 0 Å². The Morgan fingerprint density at radius 2 is 1.66 bits per heavy atom. The van der Waals surface area contributed by atoms with Crippen LogP contribution in [-0.4, -0.2) is 7.11 Å². The first-order chi connectivity index (χ1) is 14.2. The second-order valence-electron chi connectivity index (χ2n) is 6.60. The van der Waals surface area contributed by atoms with Gasteiger partial charge < -0.3 is 13.9 Å². The number of benzene rings is 3. The summed E-state index contributed by atoms with van der Waals surface area (Å²) >= 11 is 0. The van der Waals surface area contributed by atoms with Gasteiger partial charge >= 0.3 is 5.63 Å². The van der Waals surface area contributed by atoms with Gasteiger partial charge in [0.15, 0.2) is 0 Å². The Labute approximate surface area is 168 Å². The molecule has 1 heterocycles. The Hall–Kier alpha value is -3.79. The van der Waals surface area contributed by atoms with Crippen molar-refractivity contribution in [1.82, 2.24) is 0 Å². The molecule has 4 aromatic rings. The van der Waals surface area contributed by atoms with E-state index in [1.807, 2.05) is 60.7 Å². The van der Waals surface area contributed by atoms with Crippen LogP contribution >= 0.6 is 0 Å². The molecular weight excluding hydrogens is 364 g/mol. The van der Waals surface area contributed by atoms with Crippen molar-refractivity contribution < 1.29 is 13.9 Å². The van der Waals surface area contributed by atoms with Crippen LogP contribution in [0.15, 0.2) is 88.6 Å². The molecule has 0 saturated carbocycles. The van der Waals surface area contributed by atoms with Crippen LogP contribution in [0, 0.1) is 0 Å². The first-order valence-corrected chi connectivity index (χ1v) is 9.23. The molecule has 0 saturated heterocycles. The van der Waals surface area contributed by atoms with Crippen LogP contribution in [-0.2, 0) is 6.61 Å². The minimum Gasteiger partial charge on any atom is -0.497 e. The van der Waals surface area contributed by atoms with Crippen molar-refractivity contribution in [3.63, 3.8) is 0 Å². The summed E-state index contributed by atoms with van der Waals surface area (Å²) in [6, 6.07) is 22.6. The highest BCUT2D eigenvalue weighted by Gasteiger charge is 2.10. The maximum absolute atomic E-state index is 12.1. The van der Waals surface area contributed by atoms with E-state index in [4.69, 9.17) is 13.9 Å². The molecule has 1 aromatic heterocycles. The fourth-order valence-corrected chi connectivity index (χ4v) is 3.16. The minimum atomic E-state index is -0.402. The highest BCUT2D eigenvalue weighted by Crippen LogP contribution is 2.31. The molecule has 0 fully saturated rings. The van der Waals surface area contributed by atoms with Crippen LogP contribution in [0.1, 0.15) is 11.1 Å². The number of rotatable bonds is 6. The third kappa shape index (κ3) is 4.06.